The van der Waals surface area contributed by atoms with Crippen LogP contribution in [0.3, 0.4) is 0 Å². The van der Waals surface area contributed by atoms with Crippen LogP contribution >= 0.6 is 12.2 Å². The molecule has 0 aliphatic heterocycles. The Hall–Kier alpha value is -0.840. The van der Waals surface area contributed by atoms with Crippen molar-refractivity contribution in [1.82, 2.24) is 15.5 Å². The number of nitrogens with one attached hydrogen (secondary N) is 2. The van der Waals surface area contributed by atoms with Crippen LogP contribution in [0.4, 0.5) is 0 Å². The molecule has 1 fully saturated rings. The van der Waals surface area contributed by atoms with E-state index in [9.17, 15) is 4.79 Å². The first-order valence-electron chi connectivity index (χ1n) is 6.41. The highest BCUT2D eigenvalue weighted by Gasteiger charge is 2.14. The molecule has 1 rings (SSSR count). The number of carbonyl (C=O) groups excluding carboxylic acids is 1. The topological polar surface area (TPSA) is 44.4 Å². The van der Waals surface area contributed by atoms with E-state index in [0.717, 1.165) is 6.54 Å². The van der Waals surface area contributed by atoms with Gasteiger partial charge in [-0.1, -0.05) is 19.3 Å². The summed E-state index contributed by atoms with van der Waals surface area (Å²) in [5.74, 6) is 0.0697. The summed E-state index contributed by atoms with van der Waals surface area (Å²) in [6.45, 7) is 2.96. The largest absolute Gasteiger partial charge is 0.360 e. The van der Waals surface area contributed by atoms with Crippen molar-refractivity contribution in [2.45, 2.75) is 45.1 Å². The second-order valence-electron chi connectivity index (χ2n) is 4.57. The van der Waals surface area contributed by atoms with E-state index in [4.69, 9.17) is 12.2 Å². The molecule has 0 heterocycles. The second-order valence-corrected chi connectivity index (χ2v) is 4.98. The van der Waals surface area contributed by atoms with E-state index in [-0.39, 0.29) is 12.5 Å². The zero-order chi connectivity index (χ0) is 12.7. The SMILES string of the molecule is CCN(C)C(=O)CNC(=S)NC1CCCCC1. The van der Waals surface area contributed by atoms with Crippen LogP contribution in [0.25, 0.3) is 0 Å². The Balaban J connectivity index is 2.18. The maximum Gasteiger partial charge on any atom is 0.241 e. The maximum absolute atomic E-state index is 11.5. The van der Waals surface area contributed by atoms with Crippen molar-refractivity contribution in [2.24, 2.45) is 0 Å². The van der Waals surface area contributed by atoms with Crippen LogP contribution < -0.4 is 10.6 Å². The van der Waals surface area contributed by atoms with Crippen molar-refractivity contribution in [3.8, 4) is 0 Å². The number of hydrogen-bond donors (Lipinski definition) is 2. The van der Waals surface area contributed by atoms with Gasteiger partial charge in [0.2, 0.25) is 5.91 Å². The lowest BCUT2D eigenvalue weighted by molar-refractivity contribution is -0.128. The normalized spacial score (nSPS) is 16.4. The average Bonchev–Trinajstić information content (AvgIpc) is 2.36. The number of likely N-dealkylation sites (N-methyl/N-ethyl adjacent to an activating group) is 1. The van der Waals surface area contributed by atoms with Gasteiger partial charge in [0.05, 0.1) is 6.54 Å². The number of carbonyl (C=O) groups is 1. The van der Waals surface area contributed by atoms with E-state index in [1.807, 2.05) is 6.92 Å². The molecule has 0 aromatic heterocycles. The van der Waals surface area contributed by atoms with Crippen molar-refractivity contribution in [1.29, 1.82) is 0 Å². The Morgan fingerprint density at radius 3 is 2.59 bits per heavy atom. The lowest BCUT2D eigenvalue weighted by Crippen LogP contribution is -2.46. The molecule has 17 heavy (non-hydrogen) atoms. The Bertz CT molecular complexity index is 264. The molecule has 98 valence electrons. The Labute approximate surface area is 109 Å². The molecule has 4 nitrogen and oxygen atoms in total. The van der Waals surface area contributed by atoms with Crippen LogP contribution in [-0.4, -0.2) is 42.1 Å². The fraction of sp³-hybridized carbons (Fsp3) is 0.833. The van der Waals surface area contributed by atoms with E-state index >= 15 is 0 Å². The lowest BCUT2D eigenvalue weighted by atomic mass is 9.96. The first-order chi connectivity index (χ1) is 8.13. The van der Waals surface area contributed by atoms with Gasteiger partial charge < -0.3 is 15.5 Å². The summed E-state index contributed by atoms with van der Waals surface area (Å²) in [4.78, 5) is 13.2. The van der Waals surface area contributed by atoms with E-state index < -0.39 is 0 Å². The molecular weight excluding hydrogens is 234 g/mol. The van der Waals surface area contributed by atoms with E-state index in [0.29, 0.717) is 11.2 Å². The molecule has 2 N–H and O–H groups in total. The van der Waals surface area contributed by atoms with Crippen LogP contribution in [-0.2, 0) is 4.79 Å². The van der Waals surface area contributed by atoms with Gasteiger partial charge in [0.1, 0.15) is 0 Å². The van der Waals surface area contributed by atoms with Crippen molar-refractivity contribution >= 4 is 23.2 Å². The molecule has 0 saturated heterocycles. The smallest absolute Gasteiger partial charge is 0.241 e. The van der Waals surface area contributed by atoms with Crippen molar-refractivity contribution < 1.29 is 4.79 Å². The molecule has 0 unspecified atom stereocenters. The van der Waals surface area contributed by atoms with E-state index in [2.05, 4.69) is 10.6 Å². The fourth-order valence-electron chi connectivity index (χ4n) is 1.95. The van der Waals surface area contributed by atoms with Crippen LogP contribution in [0.1, 0.15) is 39.0 Å². The van der Waals surface area contributed by atoms with Crippen molar-refractivity contribution in [3.63, 3.8) is 0 Å². The first kappa shape index (κ1) is 14.2. The molecular formula is C12H23N3OS. The number of rotatable bonds is 4. The Morgan fingerprint density at radius 1 is 1.35 bits per heavy atom. The van der Waals surface area contributed by atoms with E-state index in [1.165, 1.54) is 32.1 Å². The van der Waals surface area contributed by atoms with Gasteiger partial charge in [-0.2, -0.15) is 0 Å². The van der Waals surface area contributed by atoms with Gasteiger partial charge in [-0.25, -0.2) is 0 Å². The summed E-state index contributed by atoms with van der Waals surface area (Å²) in [5.41, 5.74) is 0. The third-order valence-corrected chi connectivity index (χ3v) is 3.50. The number of hydrogen-bond acceptors (Lipinski definition) is 2. The highest BCUT2D eigenvalue weighted by Crippen LogP contribution is 2.17. The monoisotopic (exact) mass is 257 g/mol. The van der Waals surface area contributed by atoms with Crippen molar-refractivity contribution in [2.75, 3.05) is 20.1 Å². The molecule has 0 aromatic carbocycles. The number of amides is 1. The van der Waals surface area contributed by atoms with Gasteiger partial charge >= 0.3 is 0 Å². The number of thiocarbonyl (C=S) groups is 1. The zero-order valence-electron chi connectivity index (χ0n) is 10.8. The van der Waals surface area contributed by atoms with E-state index in [1.54, 1.807) is 11.9 Å². The van der Waals surface area contributed by atoms with Crippen LogP contribution in [0.15, 0.2) is 0 Å². The van der Waals surface area contributed by atoms with Gasteiger partial charge in [0.15, 0.2) is 5.11 Å². The Kier molecular flexibility index (Phi) is 6.26. The third-order valence-electron chi connectivity index (χ3n) is 3.24. The van der Waals surface area contributed by atoms with Crippen LogP contribution in [0.2, 0.25) is 0 Å². The number of nitrogens with zero attached hydrogens (tertiary/aromatic N) is 1. The van der Waals surface area contributed by atoms with Gasteiger partial charge in [-0.05, 0) is 32.0 Å². The molecule has 5 heteroatoms. The van der Waals surface area contributed by atoms with Crippen LogP contribution in [0.5, 0.6) is 0 Å². The fourth-order valence-corrected chi connectivity index (χ4v) is 2.19. The quantitative estimate of drug-likeness (QED) is 0.744. The summed E-state index contributed by atoms with van der Waals surface area (Å²) >= 11 is 5.18. The molecule has 1 amide bonds. The Morgan fingerprint density at radius 2 is 2.00 bits per heavy atom. The third kappa shape index (κ3) is 5.35. The van der Waals surface area contributed by atoms with Gasteiger partial charge in [0, 0.05) is 19.6 Å². The maximum atomic E-state index is 11.5. The van der Waals surface area contributed by atoms with Gasteiger partial charge in [-0.3, -0.25) is 4.79 Å². The summed E-state index contributed by atoms with van der Waals surface area (Å²) in [6, 6.07) is 0.489. The minimum Gasteiger partial charge on any atom is -0.360 e. The average molecular weight is 257 g/mol. The summed E-state index contributed by atoms with van der Waals surface area (Å²) in [7, 11) is 1.79. The summed E-state index contributed by atoms with van der Waals surface area (Å²) in [5, 5.41) is 6.86. The molecule has 0 bridgehead atoms. The summed E-state index contributed by atoms with van der Waals surface area (Å²) < 4.78 is 0. The predicted octanol–water partition coefficient (Wildman–Crippen LogP) is 1.26. The highest BCUT2D eigenvalue weighted by atomic mass is 32.1. The molecule has 0 radical (unpaired) electrons. The second kappa shape index (κ2) is 7.48. The zero-order valence-corrected chi connectivity index (χ0v) is 11.6. The first-order valence-corrected chi connectivity index (χ1v) is 6.82. The molecule has 1 aliphatic carbocycles. The standard InChI is InChI=1S/C12H23N3OS/c1-3-15(2)11(16)9-13-12(17)14-10-7-5-4-6-8-10/h10H,3-9H2,1-2H3,(H2,13,14,17). The molecule has 1 saturated carbocycles. The van der Waals surface area contributed by atoms with Gasteiger partial charge in [-0.15, -0.1) is 0 Å². The molecule has 1 aliphatic rings. The minimum absolute atomic E-state index is 0.0697. The minimum atomic E-state index is 0.0697. The lowest BCUT2D eigenvalue weighted by Gasteiger charge is -2.24. The summed E-state index contributed by atoms with van der Waals surface area (Å²) in [6.07, 6.45) is 6.25. The molecule has 0 spiro atoms. The van der Waals surface area contributed by atoms with Crippen LogP contribution in [0, 0.1) is 0 Å². The highest BCUT2D eigenvalue weighted by molar-refractivity contribution is 7.80. The van der Waals surface area contributed by atoms with Gasteiger partial charge in [0.25, 0.3) is 0 Å². The molecule has 0 atom stereocenters. The molecule has 0 aromatic rings. The van der Waals surface area contributed by atoms with Crippen molar-refractivity contribution in [3.05, 3.63) is 0 Å². The predicted molar refractivity (Wildman–Crippen MR) is 73.9 cm³/mol.